The number of hydrogen-bond donors (Lipinski definition) is 2. The number of imide groups is 1. The summed E-state index contributed by atoms with van der Waals surface area (Å²) in [5.74, 6) is -2.97. The molecule has 0 radical (unpaired) electrons. The monoisotopic (exact) mass is 345 g/mol. The van der Waals surface area contributed by atoms with E-state index in [2.05, 4.69) is 10.6 Å². The van der Waals surface area contributed by atoms with Crippen LogP contribution in [0.2, 0.25) is 0 Å². The van der Waals surface area contributed by atoms with Gasteiger partial charge in [-0.1, -0.05) is 6.92 Å². The van der Waals surface area contributed by atoms with Gasteiger partial charge in [0.25, 0.3) is 0 Å². The van der Waals surface area contributed by atoms with E-state index in [1.807, 2.05) is 13.8 Å². The normalized spacial score (nSPS) is 34.5. The first-order valence-corrected chi connectivity index (χ1v) is 8.59. The van der Waals surface area contributed by atoms with E-state index in [0.29, 0.717) is 17.7 Å². The number of halogens is 1. The Kier molecular flexibility index (Phi) is 3.31. The van der Waals surface area contributed by atoms with Crippen LogP contribution in [0.4, 0.5) is 10.1 Å². The van der Waals surface area contributed by atoms with Gasteiger partial charge in [-0.05, 0) is 38.5 Å². The number of benzene rings is 1. The van der Waals surface area contributed by atoms with Crippen molar-refractivity contribution in [3.8, 4) is 0 Å². The number of carbonyl (C=O) groups excluding carboxylic acids is 3. The Hall–Kier alpha value is -2.28. The van der Waals surface area contributed by atoms with Crippen molar-refractivity contribution in [3.05, 3.63) is 29.6 Å². The van der Waals surface area contributed by atoms with Crippen LogP contribution >= 0.6 is 0 Å². The molecule has 3 amide bonds. The van der Waals surface area contributed by atoms with E-state index in [0.717, 1.165) is 0 Å². The van der Waals surface area contributed by atoms with Crippen LogP contribution in [0, 0.1) is 17.7 Å². The molecule has 4 rings (SSSR count). The lowest BCUT2D eigenvalue weighted by Gasteiger charge is -2.30. The van der Waals surface area contributed by atoms with E-state index in [9.17, 15) is 18.8 Å². The van der Waals surface area contributed by atoms with Crippen molar-refractivity contribution in [2.24, 2.45) is 11.8 Å². The van der Waals surface area contributed by atoms with Crippen LogP contribution in [0.5, 0.6) is 0 Å². The maximum atomic E-state index is 13.9. The summed E-state index contributed by atoms with van der Waals surface area (Å²) in [6.07, 6.45) is 0.642. The molecule has 0 aromatic heterocycles. The summed E-state index contributed by atoms with van der Waals surface area (Å²) in [5.41, 5.74) is -0.505. The van der Waals surface area contributed by atoms with Gasteiger partial charge >= 0.3 is 0 Å². The number of carbonyl (C=O) groups is 3. The Morgan fingerprint density at radius 3 is 2.68 bits per heavy atom. The molecular formula is C18H20FN3O3. The maximum absolute atomic E-state index is 13.9. The fourth-order valence-electron chi connectivity index (χ4n) is 4.58. The molecular weight excluding hydrogens is 325 g/mol. The van der Waals surface area contributed by atoms with Crippen LogP contribution < -0.4 is 10.6 Å². The fourth-order valence-corrected chi connectivity index (χ4v) is 4.58. The number of nitrogens with one attached hydrogen (secondary N) is 2. The van der Waals surface area contributed by atoms with Crippen LogP contribution in [0.1, 0.15) is 32.8 Å². The number of likely N-dealkylation sites (tertiary alicyclic amines) is 1. The zero-order valence-corrected chi connectivity index (χ0v) is 14.3. The van der Waals surface area contributed by atoms with Gasteiger partial charge < -0.3 is 5.32 Å². The van der Waals surface area contributed by atoms with Crippen LogP contribution in [0.15, 0.2) is 18.2 Å². The summed E-state index contributed by atoms with van der Waals surface area (Å²) in [4.78, 5) is 40.2. The molecule has 6 nitrogen and oxygen atoms in total. The highest BCUT2D eigenvalue weighted by molar-refractivity contribution is 6.15. The Bertz CT molecular complexity index is 811. The van der Waals surface area contributed by atoms with Crippen molar-refractivity contribution in [1.29, 1.82) is 0 Å². The maximum Gasteiger partial charge on any atom is 0.250 e. The van der Waals surface area contributed by atoms with Crippen LogP contribution in [0.25, 0.3) is 0 Å². The molecule has 3 aliphatic heterocycles. The van der Waals surface area contributed by atoms with Gasteiger partial charge in [-0.25, -0.2) is 4.39 Å². The number of fused-ring (bicyclic) bond motifs is 4. The summed E-state index contributed by atoms with van der Waals surface area (Å²) >= 11 is 0. The predicted octanol–water partition coefficient (Wildman–Crippen LogP) is 1.36. The van der Waals surface area contributed by atoms with Crippen molar-refractivity contribution in [3.63, 3.8) is 0 Å². The molecule has 0 saturated carbocycles. The van der Waals surface area contributed by atoms with Gasteiger partial charge in [-0.2, -0.15) is 0 Å². The fraction of sp³-hybridized carbons (Fsp3) is 0.500. The van der Waals surface area contributed by atoms with E-state index in [1.165, 1.54) is 23.1 Å². The zero-order valence-electron chi connectivity index (χ0n) is 14.3. The lowest BCUT2D eigenvalue weighted by atomic mass is 9.76. The summed E-state index contributed by atoms with van der Waals surface area (Å²) in [6, 6.07) is 3.44. The van der Waals surface area contributed by atoms with Gasteiger partial charge in [0.05, 0.1) is 11.8 Å². The van der Waals surface area contributed by atoms with Crippen LogP contribution in [-0.2, 0) is 19.9 Å². The smallest absolute Gasteiger partial charge is 0.250 e. The first kappa shape index (κ1) is 16.2. The molecule has 25 heavy (non-hydrogen) atoms. The minimum Gasteiger partial charge on any atom is -0.324 e. The third-order valence-corrected chi connectivity index (χ3v) is 5.89. The van der Waals surface area contributed by atoms with Crippen molar-refractivity contribution in [1.82, 2.24) is 10.2 Å². The second kappa shape index (κ2) is 5.11. The van der Waals surface area contributed by atoms with E-state index in [1.54, 1.807) is 6.92 Å². The summed E-state index contributed by atoms with van der Waals surface area (Å²) in [7, 11) is 0. The highest BCUT2D eigenvalue weighted by atomic mass is 19.1. The van der Waals surface area contributed by atoms with Gasteiger partial charge in [-0.15, -0.1) is 0 Å². The Balaban J connectivity index is 1.89. The Labute approximate surface area is 144 Å². The molecule has 0 unspecified atom stereocenters. The molecule has 7 heteroatoms. The van der Waals surface area contributed by atoms with E-state index >= 15 is 0 Å². The molecule has 5 atom stereocenters. The molecule has 0 bridgehead atoms. The molecule has 3 heterocycles. The van der Waals surface area contributed by atoms with E-state index in [-0.39, 0.29) is 23.9 Å². The first-order valence-electron chi connectivity index (χ1n) is 8.59. The van der Waals surface area contributed by atoms with Crippen molar-refractivity contribution < 1.29 is 18.8 Å². The quantitative estimate of drug-likeness (QED) is 0.794. The van der Waals surface area contributed by atoms with Crippen molar-refractivity contribution in [2.75, 3.05) is 5.32 Å². The number of rotatable bonds is 2. The highest BCUT2D eigenvalue weighted by Crippen LogP contribution is 2.53. The van der Waals surface area contributed by atoms with Crippen LogP contribution in [0.3, 0.4) is 0 Å². The molecule has 2 fully saturated rings. The lowest BCUT2D eigenvalue weighted by Crippen LogP contribution is -2.53. The van der Waals surface area contributed by atoms with Gasteiger partial charge in [0, 0.05) is 23.3 Å². The largest absolute Gasteiger partial charge is 0.324 e. The van der Waals surface area contributed by atoms with E-state index in [4.69, 9.17) is 0 Å². The minimum atomic E-state index is -1.39. The molecule has 0 aliphatic carbocycles. The zero-order chi connectivity index (χ0) is 18.1. The van der Waals surface area contributed by atoms with Gasteiger partial charge in [0.2, 0.25) is 17.7 Å². The van der Waals surface area contributed by atoms with Gasteiger partial charge in [-0.3, -0.25) is 24.6 Å². The first-order chi connectivity index (χ1) is 11.8. The third-order valence-electron chi connectivity index (χ3n) is 5.89. The molecule has 132 valence electrons. The standard InChI is InChI=1S/C18H20FN3O3/c1-4-8(2)22-15(23)13-9(3)21-18(14(13)16(22)24)11-7-10(19)5-6-12(11)20-17(18)25/h5-9,13-14,21H,4H2,1-3H3,(H,20,25)/t8-,9+,13-,14+,18-/m1/s1. The Morgan fingerprint density at radius 1 is 1.28 bits per heavy atom. The number of hydrogen-bond acceptors (Lipinski definition) is 4. The predicted molar refractivity (Wildman–Crippen MR) is 87.9 cm³/mol. The topological polar surface area (TPSA) is 78.5 Å². The molecule has 1 aromatic carbocycles. The molecule has 2 saturated heterocycles. The average molecular weight is 345 g/mol. The highest BCUT2D eigenvalue weighted by Gasteiger charge is 2.70. The molecule has 1 spiro atoms. The summed E-state index contributed by atoms with van der Waals surface area (Å²) in [6.45, 7) is 5.52. The van der Waals surface area contributed by atoms with Gasteiger partial charge in [0.1, 0.15) is 11.4 Å². The molecule has 1 aromatic rings. The minimum absolute atomic E-state index is 0.230. The molecule has 3 aliphatic rings. The van der Waals surface area contributed by atoms with Crippen molar-refractivity contribution in [2.45, 2.75) is 44.8 Å². The average Bonchev–Trinajstić information content (AvgIpc) is 3.12. The number of anilines is 1. The second-order valence-electron chi connectivity index (χ2n) is 7.19. The van der Waals surface area contributed by atoms with E-state index < -0.39 is 29.1 Å². The number of nitrogens with zero attached hydrogens (tertiary/aromatic N) is 1. The van der Waals surface area contributed by atoms with Crippen LogP contribution in [-0.4, -0.2) is 34.7 Å². The Morgan fingerprint density at radius 2 is 2.00 bits per heavy atom. The SMILES string of the molecule is CC[C@@H](C)N1C(=O)[C@@H]2[C@H](C)N[C@@]3(C(=O)Nc4ccc(F)cc43)[C@@H]2C1=O. The molecule has 2 N–H and O–H groups in total. The number of amides is 3. The lowest BCUT2D eigenvalue weighted by molar-refractivity contribution is -0.145. The summed E-state index contributed by atoms with van der Waals surface area (Å²) < 4.78 is 13.9. The third kappa shape index (κ3) is 1.84. The van der Waals surface area contributed by atoms with Gasteiger partial charge in [0.15, 0.2) is 0 Å². The van der Waals surface area contributed by atoms with Crippen molar-refractivity contribution >= 4 is 23.4 Å². The second-order valence-corrected chi connectivity index (χ2v) is 7.19. The summed E-state index contributed by atoms with van der Waals surface area (Å²) in [5, 5.41) is 5.89.